The van der Waals surface area contributed by atoms with E-state index in [2.05, 4.69) is 37.2 Å². The van der Waals surface area contributed by atoms with Crippen molar-refractivity contribution < 1.29 is 8.78 Å². The number of hydrogen-bond donors (Lipinski definition) is 2. The van der Waals surface area contributed by atoms with Crippen molar-refractivity contribution in [3.63, 3.8) is 0 Å². The number of hydrogen-bond acceptors (Lipinski definition) is 2. The monoisotopic (exact) mass is 390 g/mol. The summed E-state index contributed by atoms with van der Waals surface area (Å²) in [7, 11) is 0. The lowest BCUT2D eigenvalue weighted by atomic mass is 10.1. The Morgan fingerprint density at radius 2 is 1.63 bits per heavy atom. The molecule has 2 rings (SSSR count). The molecule has 100 valence electrons. The van der Waals surface area contributed by atoms with Gasteiger partial charge in [-0.1, -0.05) is 0 Å². The van der Waals surface area contributed by atoms with Crippen molar-refractivity contribution in [2.75, 3.05) is 11.1 Å². The molecular formula is C13H10Br2F2N2. The summed E-state index contributed by atoms with van der Waals surface area (Å²) in [5.74, 6) is -1.31. The van der Waals surface area contributed by atoms with Gasteiger partial charge >= 0.3 is 0 Å². The van der Waals surface area contributed by atoms with E-state index in [9.17, 15) is 8.78 Å². The summed E-state index contributed by atoms with van der Waals surface area (Å²) >= 11 is 6.37. The third-order valence-electron chi connectivity index (χ3n) is 2.64. The number of nitrogen functional groups attached to an aromatic ring is 1. The van der Waals surface area contributed by atoms with E-state index in [1.165, 1.54) is 6.07 Å². The highest BCUT2D eigenvalue weighted by Crippen LogP contribution is 2.32. The minimum absolute atomic E-state index is 0.179. The van der Waals surface area contributed by atoms with Crippen LogP contribution in [0.1, 0.15) is 5.56 Å². The van der Waals surface area contributed by atoms with Crippen molar-refractivity contribution in [3.8, 4) is 0 Å². The SMILES string of the molecule is Cc1cc(Nc2cc(Br)c(F)cc2F)c(Br)cc1N. The molecule has 2 aromatic carbocycles. The van der Waals surface area contributed by atoms with Gasteiger partial charge in [0, 0.05) is 16.2 Å². The zero-order chi connectivity index (χ0) is 14.2. The fourth-order valence-corrected chi connectivity index (χ4v) is 2.36. The second-order valence-corrected chi connectivity index (χ2v) is 5.77. The molecule has 3 N–H and O–H groups in total. The van der Waals surface area contributed by atoms with E-state index in [0.717, 1.165) is 11.6 Å². The molecule has 2 aromatic rings. The Hall–Kier alpha value is -1.14. The number of aryl methyl sites for hydroxylation is 1. The lowest BCUT2D eigenvalue weighted by Crippen LogP contribution is -1.98. The van der Waals surface area contributed by atoms with Crippen LogP contribution in [-0.2, 0) is 0 Å². The number of rotatable bonds is 2. The van der Waals surface area contributed by atoms with Crippen LogP contribution in [0, 0.1) is 18.6 Å². The van der Waals surface area contributed by atoms with Gasteiger partial charge in [-0.2, -0.15) is 0 Å². The smallest absolute Gasteiger partial charge is 0.149 e. The number of anilines is 3. The molecule has 0 atom stereocenters. The van der Waals surface area contributed by atoms with Crippen molar-refractivity contribution in [3.05, 3.63) is 50.4 Å². The first-order chi connectivity index (χ1) is 8.88. The Balaban J connectivity index is 2.42. The van der Waals surface area contributed by atoms with E-state index >= 15 is 0 Å². The predicted octanol–water partition coefficient (Wildman–Crippen LogP) is 5.12. The number of benzene rings is 2. The molecule has 0 bridgehead atoms. The minimum Gasteiger partial charge on any atom is -0.398 e. The molecule has 0 aliphatic carbocycles. The molecule has 0 aliphatic heterocycles. The largest absolute Gasteiger partial charge is 0.398 e. The molecule has 0 saturated heterocycles. The first kappa shape index (κ1) is 14.3. The summed E-state index contributed by atoms with van der Waals surface area (Å²) in [4.78, 5) is 0. The summed E-state index contributed by atoms with van der Waals surface area (Å²) in [6, 6.07) is 5.69. The van der Waals surface area contributed by atoms with Crippen LogP contribution in [0.15, 0.2) is 33.2 Å². The van der Waals surface area contributed by atoms with Gasteiger partial charge in [-0.3, -0.25) is 0 Å². The third-order valence-corrected chi connectivity index (χ3v) is 3.90. The van der Waals surface area contributed by atoms with Crippen LogP contribution in [0.3, 0.4) is 0 Å². The lowest BCUT2D eigenvalue weighted by Gasteiger charge is -2.12. The van der Waals surface area contributed by atoms with E-state index < -0.39 is 11.6 Å². The summed E-state index contributed by atoms with van der Waals surface area (Å²) < 4.78 is 27.7. The quantitative estimate of drug-likeness (QED) is 0.550. The van der Waals surface area contributed by atoms with Crippen LogP contribution in [0.25, 0.3) is 0 Å². The normalized spacial score (nSPS) is 10.6. The number of nitrogens with one attached hydrogen (secondary N) is 1. The topological polar surface area (TPSA) is 38.0 Å². The van der Waals surface area contributed by atoms with E-state index in [0.29, 0.717) is 15.8 Å². The Morgan fingerprint density at radius 1 is 0.947 bits per heavy atom. The van der Waals surface area contributed by atoms with Crippen LogP contribution >= 0.6 is 31.9 Å². The molecule has 19 heavy (non-hydrogen) atoms. The number of halogens is 4. The van der Waals surface area contributed by atoms with Gasteiger partial charge in [-0.15, -0.1) is 0 Å². The highest BCUT2D eigenvalue weighted by molar-refractivity contribution is 9.10. The highest BCUT2D eigenvalue weighted by atomic mass is 79.9. The first-order valence-corrected chi connectivity index (χ1v) is 6.94. The second-order valence-electron chi connectivity index (χ2n) is 4.06. The fraction of sp³-hybridized carbons (Fsp3) is 0.0769. The minimum atomic E-state index is -0.665. The van der Waals surface area contributed by atoms with Crippen LogP contribution in [0.2, 0.25) is 0 Å². The van der Waals surface area contributed by atoms with Crippen LogP contribution in [-0.4, -0.2) is 0 Å². The standard InChI is InChI=1S/C13H10Br2F2N2/c1-6-2-12(8(15)3-11(6)18)19-13-4-7(14)9(16)5-10(13)17/h2-5,19H,18H2,1H3. The van der Waals surface area contributed by atoms with Crippen LogP contribution < -0.4 is 11.1 Å². The molecule has 0 unspecified atom stereocenters. The Morgan fingerprint density at radius 3 is 2.32 bits per heavy atom. The van der Waals surface area contributed by atoms with E-state index in [4.69, 9.17) is 5.73 Å². The molecular weight excluding hydrogens is 382 g/mol. The summed E-state index contributed by atoms with van der Waals surface area (Å²) in [5, 5.41) is 2.90. The second kappa shape index (κ2) is 5.46. The van der Waals surface area contributed by atoms with Crippen molar-refractivity contribution in [1.29, 1.82) is 0 Å². The number of nitrogens with two attached hydrogens (primary N) is 1. The van der Waals surface area contributed by atoms with Crippen molar-refractivity contribution in [2.24, 2.45) is 0 Å². The van der Waals surface area contributed by atoms with Crippen molar-refractivity contribution in [1.82, 2.24) is 0 Å². The van der Waals surface area contributed by atoms with E-state index in [1.807, 2.05) is 6.92 Å². The third kappa shape index (κ3) is 3.06. The summed E-state index contributed by atoms with van der Waals surface area (Å²) in [6.07, 6.45) is 0. The summed E-state index contributed by atoms with van der Waals surface area (Å²) in [5.41, 5.74) is 8.11. The zero-order valence-electron chi connectivity index (χ0n) is 9.90. The highest BCUT2D eigenvalue weighted by Gasteiger charge is 2.10. The average Bonchev–Trinajstić information content (AvgIpc) is 2.32. The average molecular weight is 392 g/mol. The first-order valence-electron chi connectivity index (χ1n) is 5.35. The maximum Gasteiger partial charge on any atom is 0.149 e. The lowest BCUT2D eigenvalue weighted by molar-refractivity contribution is 0.581. The molecule has 0 fully saturated rings. The molecule has 0 saturated carbocycles. The van der Waals surface area contributed by atoms with Crippen molar-refractivity contribution in [2.45, 2.75) is 6.92 Å². The fourth-order valence-electron chi connectivity index (χ4n) is 1.56. The Bertz CT molecular complexity index is 590. The van der Waals surface area contributed by atoms with Gasteiger partial charge in [-0.05, 0) is 62.5 Å². The van der Waals surface area contributed by atoms with Gasteiger partial charge in [0.15, 0.2) is 0 Å². The Kier molecular flexibility index (Phi) is 4.10. The molecule has 6 heteroatoms. The molecule has 0 spiro atoms. The van der Waals surface area contributed by atoms with Crippen molar-refractivity contribution >= 4 is 48.9 Å². The van der Waals surface area contributed by atoms with Crippen LogP contribution in [0.5, 0.6) is 0 Å². The maximum absolute atomic E-state index is 13.7. The molecule has 0 amide bonds. The van der Waals surface area contributed by atoms with Crippen LogP contribution in [0.4, 0.5) is 25.8 Å². The Labute approximate surface area is 126 Å². The molecule has 2 nitrogen and oxygen atoms in total. The predicted molar refractivity (Wildman–Crippen MR) is 80.6 cm³/mol. The van der Waals surface area contributed by atoms with Gasteiger partial charge in [0.25, 0.3) is 0 Å². The molecule has 0 aliphatic rings. The van der Waals surface area contributed by atoms with Gasteiger partial charge in [0.05, 0.1) is 15.8 Å². The van der Waals surface area contributed by atoms with Gasteiger partial charge in [0.1, 0.15) is 11.6 Å². The van der Waals surface area contributed by atoms with E-state index in [1.54, 1.807) is 12.1 Å². The molecule has 0 aromatic heterocycles. The molecule has 0 heterocycles. The van der Waals surface area contributed by atoms with E-state index in [-0.39, 0.29) is 10.2 Å². The molecule has 0 radical (unpaired) electrons. The van der Waals surface area contributed by atoms with Gasteiger partial charge in [-0.25, -0.2) is 8.78 Å². The summed E-state index contributed by atoms with van der Waals surface area (Å²) in [6.45, 7) is 1.85. The maximum atomic E-state index is 13.7. The van der Waals surface area contributed by atoms with Gasteiger partial charge < -0.3 is 11.1 Å². The zero-order valence-corrected chi connectivity index (χ0v) is 13.1. The van der Waals surface area contributed by atoms with Gasteiger partial charge in [0.2, 0.25) is 0 Å².